The minimum absolute atomic E-state index is 0. The van der Waals surface area contributed by atoms with Gasteiger partial charge in [0.1, 0.15) is 0 Å². The Morgan fingerprint density at radius 1 is 1.08 bits per heavy atom. The van der Waals surface area contributed by atoms with E-state index < -0.39 is 0 Å². The summed E-state index contributed by atoms with van der Waals surface area (Å²) in [4.78, 5) is 4.78. The highest BCUT2D eigenvalue weighted by Gasteiger charge is 2.24. The molecular weight excluding hydrogens is 409 g/mol. The number of benzene rings is 2. The maximum atomic E-state index is 9.33. The van der Waals surface area contributed by atoms with E-state index in [4.69, 9.17) is 11.6 Å². The van der Waals surface area contributed by atoms with Gasteiger partial charge in [-0.2, -0.15) is 5.26 Å². The Balaban J connectivity index is 0.00000169. The number of halogens is 3. The Bertz CT molecular complexity index is 713. The maximum absolute atomic E-state index is 9.33. The first-order valence-corrected chi connectivity index (χ1v) is 9.31. The zero-order chi connectivity index (χ0) is 16.8. The average molecular weight is 431 g/mol. The van der Waals surface area contributed by atoms with E-state index in [2.05, 4.69) is 40.6 Å². The van der Waals surface area contributed by atoms with Gasteiger partial charge in [0.15, 0.2) is 0 Å². The van der Waals surface area contributed by atoms with Crippen molar-refractivity contribution in [2.45, 2.75) is 22.3 Å². The van der Waals surface area contributed by atoms with Crippen LogP contribution in [0, 0.1) is 11.3 Å². The number of hydrogen-bond acceptors (Lipinski definition) is 4. The smallest absolute Gasteiger partial charge is 0.0641 e. The fraction of sp³-hybridized carbons (Fsp3) is 0.316. The fourth-order valence-electron chi connectivity index (χ4n) is 2.99. The van der Waals surface area contributed by atoms with Crippen LogP contribution in [-0.2, 0) is 0 Å². The van der Waals surface area contributed by atoms with Crippen molar-refractivity contribution < 1.29 is 0 Å². The zero-order valence-electron chi connectivity index (χ0n) is 14.2. The van der Waals surface area contributed by atoms with E-state index >= 15 is 0 Å². The summed E-state index contributed by atoms with van der Waals surface area (Å²) in [6.45, 7) is 3.92. The first-order chi connectivity index (χ1) is 11.8. The molecule has 1 saturated heterocycles. The number of nitrogens with one attached hydrogen (secondary N) is 1. The molecule has 7 heteroatoms. The van der Waals surface area contributed by atoms with Crippen molar-refractivity contribution >= 4 is 48.2 Å². The van der Waals surface area contributed by atoms with Crippen LogP contribution < -0.4 is 5.32 Å². The predicted octanol–water partition coefficient (Wildman–Crippen LogP) is 5.19. The molecule has 140 valence electrons. The van der Waals surface area contributed by atoms with E-state index in [1.807, 2.05) is 24.3 Å². The minimum Gasteiger partial charge on any atom is -0.314 e. The largest absolute Gasteiger partial charge is 0.314 e. The summed E-state index contributed by atoms with van der Waals surface area (Å²) in [7, 11) is 0. The summed E-state index contributed by atoms with van der Waals surface area (Å²) < 4.78 is 0. The van der Waals surface area contributed by atoms with E-state index in [1.165, 1.54) is 10.5 Å². The van der Waals surface area contributed by atoms with Crippen LogP contribution in [0.4, 0.5) is 0 Å². The summed E-state index contributed by atoms with van der Waals surface area (Å²) in [5.74, 6) is 0. The number of hydrogen-bond donors (Lipinski definition) is 1. The molecule has 3 nitrogen and oxygen atoms in total. The number of nitriles is 1. The Kier molecular flexibility index (Phi) is 10.4. The second-order valence-electron chi connectivity index (χ2n) is 5.76. The van der Waals surface area contributed by atoms with Gasteiger partial charge in [-0.25, -0.2) is 0 Å². The molecule has 3 rings (SSSR count). The molecule has 1 N–H and O–H groups in total. The Morgan fingerprint density at radius 3 is 2.38 bits per heavy atom. The van der Waals surface area contributed by atoms with Crippen LogP contribution in [0.2, 0.25) is 5.02 Å². The van der Waals surface area contributed by atoms with Crippen molar-refractivity contribution in [3.05, 3.63) is 59.1 Å². The average Bonchev–Trinajstić information content (AvgIpc) is 2.63. The Labute approximate surface area is 176 Å². The van der Waals surface area contributed by atoms with Crippen LogP contribution in [-0.4, -0.2) is 31.1 Å². The van der Waals surface area contributed by atoms with Crippen LogP contribution in [0.1, 0.15) is 18.0 Å². The summed E-state index contributed by atoms with van der Waals surface area (Å²) in [5, 5.41) is 13.5. The van der Waals surface area contributed by atoms with E-state index in [9.17, 15) is 5.26 Å². The van der Waals surface area contributed by atoms with Crippen LogP contribution in [0.15, 0.2) is 58.3 Å². The third-order valence-corrected chi connectivity index (χ3v) is 5.55. The van der Waals surface area contributed by atoms with Crippen LogP contribution in [0.25, 0.3) is 0 Å². The lowest BCUT2D eigenvalue weighted by Gasteiger charge is -2.34. The van der Waals surface area contributed by atoms with Crippen molar-refractivity contribution in [1.82, 2.24) is 10.2 Å². The third kappa shape index (κ3) is 6.06. The molecule has 26 heavy (non-hydrogen) atoms. The van der Waals surface area contributed by atoms with Crippen molar-refractivity contribution in [3.8, 4) is 6.07 Å². The summed E-state index contributed by atoms with van der Waals surface area (Å²) >= 11 is 7.71. The molecule has 0 spiro atoms. The van der Waals surface area contributed by atoms with E-state index in [0.717, 1.165) is 36.1 Å². The summed E-state index contributed by atoms with van der Waals surface area (Å²) in [6.07, 6.45) is 0.512. The van der Waals surface area contributed by atoms with Gasteiger partial charge >= 0.3 is 0 Å². The molecule has 0 radical (unpaired) electrons. The standard InChI is InChI=1S/C19H20ClN3S.2ClH/c20-15-5-7-16(8-6-15)24-19-4-2-1-3-17(19)18(9-10-21)23-13-11-22-12-14-23;;/h1-8,18,22H,9,11-14H2;2*1H/t18-;;/m1../s1. The molecule has 2 aromatic rings. The number of nitrogens with zero attached hydrogens (tertiary/aromatic N) is 2. The Morgan fingerprint density at radius 2 is 1.73 bits per heavy atom. The van der Waals surface area contributed by atoms with Crippen LogP contribution >= 0.6 is 48.2 Å². The third-order valence-electron chi connectivity index (χ3n) is 4.20. The molecule has 0 aliphatic carbocycles. The van der Waals surface area contributed by atoms with Gasteiger partial charge < -0.3 is 5.32 Å². The second kappa shape index (κ2) is 11.7. The number of rotatable bonds is 5. The lowest BCUT2D eigenvalue weighted by atomic mass is 10.0. The predicted molar refractivity (Wildman–Crippen MR) is 114 cm³/mol. The minimum atomic E-state index is 0. The molecule has 0 amide bonds. The van der Waals surface area contributed by atoms with Crippen LogP contribution in [0.5, 0.6) is 0 Å². The highest BCUT2D eigenvalue weighted by atomic mass is 35.5. The van der Waals surface area contributed by atoms with Crippen molar-refractivity contribution in [2.75, 3.05) is 26.2 Å². The molecule has 2 aromatic carbocycles. The monoisotopic (exact) mass is 429 g/mol. The van der Waals surface area contributed by atoms with Gasteiger partial charge in [0.25, 0.3) is 0 Å². The van der Waals surface area contributed by atoms with Gasteiger partial charge in [-0.05, 0) is 35.9 Å². The molecule has 1 aliphatic rings. The molecule has 0 aromatic heterocycles. The van der Waals surface area contributed by atoms with Gasteiger partial charge in [0.05, 0.1) is 12.5 Å². The van der Waals surface area contributed by atoms with E-state index in [0.29, 0.717) is 6.42 Å². The topological polar surface area (TPSA) is 39.1 Å². The SMILES string of the molecule is Cl.Cl.N#CC[C@H](c1ccccc1Sc1ccc(Cl)cc1)N1CCNCC1. The molecule has 0 unspecified atom stereocenters. The quantitative estimate of drug-likeness (QED) is 0.708. The molecule has 1 fully saturated rings. The van der Waals surface area contributed by atoms with Gasteiger partial charge in [0, 0.05) is 47.0 Å². The summed E-state index contributed by atoms with van der Waals surface area (Å²) in [6, 6.07) is 18.8. The van der Waals surface area contributed by atoms with Crippen LogP contribution in [0.3, 0.4) is 0 Å². The fourth-order valence-corrected chi connectivity index (χ4v) is 4.12. The zero-order valence-corrected chi connectivity index (χ0v) is 17.4. The Hall–Kier alpha value is -0.930. The second-order valence-corrected chi connectivity index (χ2v) is 7.31. The lowest BCUT2D eigenvalue weighted by molar-refractivity contribution is 0.174. The van der Waals surface area contributed by atoms with Gasteiger partial charge in [-0.15, -0.1) is 24.8 Å². The molecule has 0 saturated carbocycles. The molecule has 0 bridgehead atoms. The highest BCUT2D eigenvalue weighted by molar-refractivity contribution is 7.99. The normalized spacial score (nSPS) is 15.2. The summed E-state index contributed by atoms with van der Waals surface area (Å²) in [5.41, 5.74) is 1.24. The first-order valence-electron chi connectivity index (χ1n) is 8.12. The van der Waals surface area contributed by atoms with Crippen molar-refractivity contribution in [2.24, 2.45) is 0 Å². The molecular formula is C19H22Cl3N3S. The van der Waals surface area contributed by atoms with Gasteiger partial charge in [-0.1, -0.05) is 41.6 Å². The molecule has 1 atom stereocenters. The first kappa shape index (κ1) is 23.1. The maximum Gasteiger partial charge on any atom is 0.0641 e. The van der Waals surface area contributed by atoms with Gasteiger partial charge in [0.2, 0.25) is 0 Å². The van der Waals surface area contributed by atoms with E-state index in [1.54, 1.807) is 11.8 Å². The highest BCUT2D eigenvalue weighted by Crippen LogP contribution is 2.36. The lowest BCUT2D eigenvalue weighted by Crippen LogP contribution is -2.45. The van der Waals surface area contributed by atoms with Gasteiger partial charge in [-0.3, -0.25) is 4.90 Å². The number of piperazine rings is 1. The van der Waals surface area contributed by atoms with E-state index in [-0.39, 0.29) is 30.9 Å². The molecule has 1 heterocycles. The molecule has 1 aliphatic heterocycles. The van der Waals surface area contributed by atoms with Crippen molar-refractivity contribution in [3.63, 3.8) is 0 Å². The van der Waals surface area contributed by atoms with Crippen molar-refractivity contribution in [1.29, 1.82) is 5.26 Å².